The summed E-state index contributed by atoms with van der Waals surface area (Å²) in [7, 11) is 0. The fourth-order valence-electron chi connectivity index (χ4n) is 3.13. The molecule has 0 spiro atoms. The second kappa shape index (κ2) is 10.1. The number of carbonyl (C=O) groups excluding carboxylic acids is 1. The molecule has 1 N–H and O–H groups in total. The first-order valence-corrected chi connectivity index (χ1v) is 10.7. The highest BCUT2D eigenvalue weighted by atomic mass is 35.5. The van der Waals surface area contributed by atoms with E-state index in [4.69, 9.17) is 11.6 Å². The van der Waals surface area contributed by atoms with E-state index in [2.05, 4.69) is 34.5 Å². The summed E-state index contributed by atoms with van der Waals surface area (Å²) in [5, 5.41) is 3.31. The van der Waals surface area contributed by atoms with Gasteiger partial charge in [-0.1, -0.05) is 41.9 Å². The highest BCUT2D eigenvalue weighted by Crippen LogP contribution is 2.23. The number of hydrogen-bond acceptors (Lipinski definition) is 3. The van der Waals surface area contributed by atoms with Crippen LogP contribution in [0.3, 0.4) is 0 Å². The van der Waals surface area contributed by atoms with Gasteiger partial charge in [-0.3, -0.25) is 9.69 Å². The summed E-state index contributed by atoms with van der Waals surface area (Å²) in [6.45, 7) is 3.88. The number of thioether (sulfide) groups is 1. The van der Waals surface area contributed by atoms with Crippen LogP contribution in [0, 0.1) is 5.82 Å². The highest BCUT2D eigenvalue weighted by Gasteiger charge is 2.12. The lowest BCUT2D eigenvalue weighted by Crippen LogP contribution is -2.24. The molecule has 2 aromatic rings. The summed E-state index contributed by atoms with van der Waals surface area (Å²) < 4.78 is 13.7. The number of benzene rings is 2. The van der Waals surface area contributed by atoms with Crippen LogP contribution in [0.1, 0.15) is 29.5 Å². The van der Waals surface area contributed by atoms with Crippen LogP contribution in [-0.2, 0) is 23.6 Å². The van der Waals surface area contributed by atoms with E-state index in [-0.39, 0.29) is 17.5 Å². The molecule has 0 aromatic heterocycles. The van der Waals surface area contributed by atoms with Gasteiger partial charge in [0.25, 0.3) is 0 Å². The average Bonchev–Trinajstić information content (AvgIpc) is 3.17. The quantitative estimate of drug-likeness (QED) is 0.694. The predicted octanol–water partition coefficient (Wildman–Crippen LogP) is 4.62. The molecular formula is C21H24ClFN2OS. The summed E-state index contributed by atoms with van der Waals surface area (Å²) in [6.07, 6.45) is 2.59. The summed E-state index contributed by atoms with van der Waals surface area (Å²) in [4.78, 5) is 14.5. The molecule has 2 aromatic carbocycles. The maximum atomic E-state index is 13.7. The van der Waals surface area contributed by atoms with Crippen molar-refractivity contribution in [2.75, 3.05) is 18.8 Å². The van der Waals surface area contributed by atoms with Gasteiger partial charge >= 0.3 is 0 Å². The van der Waals surface area contributed by atoms with Gasteiger partial charge in [0.2, 0.25) is 5.91 Å². The first kappa shape index (κ1) is 20.2. The van der Waals surface area contributed by atoms with Gasteiger partial charge in [0.05, 0.1) is 5.75 Å². The van der Waals surface area contributed by atoms with Crippen LogP contribution in [0.4, 0.5) is 4.39 Å². The van der Waals surface area contributed by atoms with Crippen molar-refractivity contribution in [1.29, 1.82) is 0 Å². The molecule has 3 rings (SSSR count). The van der Waals surface area contributed by atoms with Gasteiger partial charge in [-0.2, -0.15) is 0 Å². The highest BCUT2D eigenvalue weighted by molar-refractivity contribution is 7.99. The molecule has 3 nitrogen and oxygen atoms in total. The van der Waals surface area contributed by atoms with Crippen LogP contribution in [0.25, 0.3) is 0 Å². The van der Waals surface area contributed by atoms with E-state index >= 15 is 0 Å². The molecule has 1 aliphatic heterocycles. The Labute approximate surface area is 169 Å². The topological polar surface area (TPSA) is 32.3 Å². The lowest BCUT2D eigenvalue weighted by molar-refractivity contribution is -0.118. The van der Waals surface area contributed by atoms with Crippen LogP contribution in [0.5, 0.6) is 0 Å². The Kier molecular flexibility index (Phi) is 7.56. The number of halogens is 2. The van der Waals surface area contributed by atoms with Crippen molar-refractivity contribution in [2.45, 2.75) is 31.7 Å². The smallest absolute Gasteiger partial charge is 0.230 e. The monoisotopic (exact) mass is 406 g/mol. The SMILES string of the molecule is O=C(CSCc1c(F)cccc1Cl)NCc1ccc(CN2CCCC2)cc1. The maximum absolute atomic E-state index is 13.7. The predicted molar refractivity (Wildman–Crippen MR) is 110 cm³/mol. The zero-order chi connectivity index (χ0) is 19.1. The van der Waals surface area contributed by atoms with E-state index in [0.717, 1.165) is 12.1 Å². The fourth-order valence-corrected chi connectivity index (χ4v) is 4.33. The molecule has 27 heavy (non-hydrogen) atoms. The number of hydrogen-bond donors (Lipinski definition) is 1. The maximum Gasteiger partial charge on any atom is 0.230 e. The molecule has 6 heteroatoms. The minimum Gasteiger partial charge on any atom is -0.351 e. The number of nitrogens with one attached hydrogen (secondary N) is 1. The van der Waals surface area contributed by atoms with Crippen LogP contribution in [0.15, 0.2) is 42.5 Å². The Morgan fingerprint density at radius 1 is 1.11 bits per heavy atom. The van der Waals surface area contributed by atoms with E-state index in [9.17, 15) is 9.18 Å². The van der Waals surface area contributed by atoms with Gasteiger partial charge < -0.3 is 5.32 Å². The van der Waals surface area contributed by atoms with Gasteiger partial charge in [0.1, 0.15) is 5.82 Å². The average molecular weight is 407 g/mol. The van der Waals surface area contributed by atoms with Crippen LogP contribution >= 0.6 is 23.4 Å². The van der Waals surface area contributed by atoms with Crippen LogP contribution in [-0.4, -0.2) is 29.6 Å². The molecule has 144 valence electrons. The second-order valence-electron chi connectivity index (χ2n) is 6.77. The van der Waals surface area contributed by atoms with Crippen LogP contribution < -0.4 is 5.32 Å². The van der Waals surface area contributed by atoms with Crippen molar-refractivity contribution < 1.29 is 9.18 Å². The molecular weight excluding hydrogens is 383 g/mol. The van der Waals surface area contributed by atoms with Crippen molar-refractivity contribution >= 4 is 29.3 Å². The minimum atomic E-state index is -0.329. The first-order valence-electron chi connectivity index (χ1n) is 9.19. The molecule has 0 saturated carbocycles. The third-order valence-electron chi connectivity index (χ3n) is 4.66. The second-order valence-corrected chi connectivity index (χ2v) is 8.16. The summed E-state index contributed by atoms with van der Waals surface area (Å²) in [5.74, 6) is 0.264. The molecule has 0 radical (unpaired) electrons. The Morgan fingerprint density at radius 2 is 1.81 bits per heavy atom. The number of amides is 1. The third kappa shape index (κ3) is 6.23. The molecule has 0 bridgehead atoms. The zero-order valence-electron chi connectivity index (χ0n) is 15.2. The van der Waals surface area contributed by atoms with Gasteiger partial charge in [-0.05, 0) is 49.2 Å². The standard InChI is InChI=1S/C21H24ClFN2OS/c22-19-4-3-5-20(23)18(19)14-27-15-21(26)24-12-16-6-8-17(9-7-16)13-25-10-1-2-11-25/h3-9H,1-2,10-15H2,(H,24,26). The Hall–Kier alpha value is -1.56. The molecule has 1 saturated heterocycles. The lowest BCUT2D eigenvalue weighted by atomic mass is 10.1. The van der Waals surface area contributed by atoms with Crippen molar-refractivity contribution in [3.05, 3.63) is 70.0 Å². The van der Waals surface area contributed by atoms with Gasteiger partial charge in [0.15, 0.2) is 0 Å². The summed E-state index contributed by atoms with van der Waals surface area (Å²) >= 11 is 7.35. The van der Waals surface area contributed by atoms with E-state index in [1.165, 1.54) is 49.3 Å². The zero-order valence-corrected chi connectivity index (χ0v) is 16.8. The molecule has 0 unspecified atom stereocenters. The third-order valence-corrected chi connectivity index (χ3v) is 5.97. The van der Waals surface area contributed by atoms with Gasteiger partial charge in [-0.25, -0.2) is 4.39 Å². The first-order chi connectivity index (χ1) is 13.1. The largest absolute Gasteiger partial charge is 0.351 e. The van der Waals surface area contributed by atoms with E-state index in [0.29, 0.717) is 22.9 Å². The molecule has 1 fully saturated rings. The lowest BCUT2D eigenvalue weighted by Gasteiger charge is -2.14. The summed E-state index contributed by atoms with van der Waals surface area (Å²) in [6, 6.07) is 13.0. The fraction of sp³-hybridized carbons (Fsp3) is 0.381. The summed E-state index contributed by atoms with van der Waals surface area (Å²) in [5.41, 5.74) is 2.84. The van der Waals surface area contributed by atoms with Gasteiger partial charge in [-0.15, -0.1) is 11.8 Å². The number of carbonyl (C=O) groups is 1. The molecule has 1 amide bonds. The van der Waals surface area contributed by atoms with E-state index in [1.807, 2.05) is 0 Å². The Morgan fingerprint density at radius 3 is 2.52 bits per heavy atom. The number of rotatable bonds is 8. The van der Waals surface area contributed by atoms with Crippen LogP contribution in [0.2, 0.25) is 5.02 Å². The van der Waals surface area contributed by atoms with Crippen molar-refractivity contribution in [3.63, 3.8) is 0 Å². The number of nitrogens with zero attached hydrogens (tertiary/aromatic N) is 1. The molecule has 0 atom stereocenters. The normalized spacial score (nSPS) is 14.4. The van der Waals surface area contributed by atoms with E-state index < -0.39 is 0 Å². The minimum absolute atomic E-state index is 0.0615. The Bertz CT molecular complexity index is 743. The molecule has 1 heterocycles. The Balaban J connectivity index is 1.38. The van der Waals surface area contributed by atoms with Crippen molar-refractivity contribution in [2.24, 2.45) is 0 Å². The van der Waals surface area contributed by atoms with Crippen molar-refractivity contribution in [3.8, 4) is 0 Å². The van der Waals surface area contributed by atoms with Gasteiger partial charge in [0, 0.05) is 29.4 Å². The van der Waals surface area contributed by atoms with Crippen molar-refractivity contribution in [1.82, 2.24) is 10.2 Å². The molecule has 0 aliphatic carbocycles. The van der Waals surface area contributed by atoms with E-state index in [1.54, 1.807) is 12.1 Å². The number of likely N-dealkylation sites (tertiary alicyclic amines) is 1. The molecule has 1 aliphatic rings.